The van der Waals surface area contributed by atoms with E-state index in [9.17, 15) is 22.8 Å². The molecule has 1 atom stereocenters. The van der Waals surface area contributed by atoms with E-state index in [2.05, 4.69) is 0 Å². The summed E-state index contributed by atoms with van der Waals surface area (Å²) in [7, 11) is 0. The third kappa shape index (κ3) is 4.13. The molecule has 0 spiro atoms. The molecule has 18 heavy (non-hydrogen) atoms. The van der Waals surface area contributed by atoms with Gasteiger partial charge in [0, 0.05) is 13.0 Å². The molecule has 0 unspecified atom stereocenters. The lowest BCUT2D eigenvalue weighted by atomic mass is 10.0. The summed E-state index contributed by atoms with van der Waals surface area (Å²) in [6.45, 7) is -0.596. The number of hydrogen-bond donors (Lipinski definition) is 1. The Morgan fingerprint density at radius 2 is 2.17 bits per heavy atom. The van der Waals surface area contributed by atoms with E-state index in [-0.39, 0.29) is 10.1 Å². The van der Waals surface area contributed by atoms with Crippen molar-refractivity contribution in [3.05, 3.63) is 0 Å². The molecule has 0 aromatic carbocycles. The Morgan fingerprint density at radius 1 is 1.56 bits per heavy atom. The quantitative estimate of drug-likeness (QED) is 0.786. The molecule has 0 radical (unpaired) electrons. The number of carboxylic acid groups (broad SMARTS) is 1. The molecule has 0 aromatic rings. The van der Waals surface area contributed by atoms with Crippen molar-refractivity contribution in [1.29, 1.82) is 0 Å². The summed E-state index contributed by atoms with van der Waals surface area (Å²) in [6, 6.07) is 0. The molecule has 1 heterocycles. The number of aliphatic carboxylic acids is 1. The van der Waals surface area contributed by atoms with Gasteiger partial charge in [-0.25, -0.2) is 0 Å². The van der Waals surface area contributed by atoms with E-state index >= 15 is 0 Å². The Kier molecular flexibility index (Phi) is 4.97. The van der Waals surface area contributed by atoms with Crippen molar-refractivity contribution >= 4 is 40.2 Å². The largest absolute Gasteiger partial charge is 0.481 e. The van der Waals surface area contributed by atoms with Gasteiger partial charge >= 0.3 is 12.1 Å². The smallest absolute Gasteiger partial charge is 0.393 e. The van der Waals surface area contributed by atoms with Crippen LogP contribution in [0.5, 0.6) is 0 Å². The fraction of sp³-hybridized carbons (Fsp3) is 0.667. The highest BCUT2D eigenvalue weighted by molar-refractivity contribution is 8.23. The predicted octanol–water partition coefficient (Wildman–Crippen LogP) is 1.89. The van der Waals surface area contributed by atoms with Crippen molar-refractivity contribution in [2.75, 3.05) is 12.3 Å². The summed E-state index contributed by atoms with van der Waals surface area (Å²) in [5.74, 6) is -3.58. The molecule has 1 saturated heterocycles. The van der Waals surface area contributed by atoms with Gasteiger partial charge < -0.3 is 5.11 Å². The molecule has 1 amide bonds. The van der Waals surface area contributed by atoms with E-state index in [1.165, 1.54) is 0 Å². The van der Waals surface area contributed by atoms with Crippen molar-refractivity contribution in [2.45, 2.75) is 19.0 Å². The van der Waals surface area contributed by atoms with Crippen LogP contribution >= 0.6 is 24.0 Å². The van der Waals surface area contributed by atoms with Crippen LogP contribution in [0, 0.1) is 5.92 Å². The zero-order valence-electron chi connectivity index (χ0n) is 9.07. The molecule has 0 saturated carbocycles. The first-order valence-electron chi connectivity index (χ1n) is 4.97. The van der Waals surface area contributed by atoms with Crippen molar-refractivity contribution in [3.8, 4) is 0 Å². The van der Waals surface area contributed by atoms with Crippen LogP contribution in [-0.4, -0.2) is 44.7 Å². The Labute approximate surface area is 111 Å². The van der Waals surface area contributed by atoms with Gasteiger partial charge in [-0.15, -0.1) is 0 Å². The van der Waals surface area contributed by atoms with Gasteiger partial charge in [-0.1, -0.05) is 24.0 Å². The first kappa shape index (κ1) is 15.2. The van der Waals surface area contributed by atoms with E-state index in [1.54, 1.807) is 0 Å². The number of thioether (sulfide) groups is 1. The van der Waals surface area contributed by atoms with Crippen LogP contribution in [0.3, 0.4) is 0 Å². The number of amides is 1. The third-order valence-corrected chi connectivity index (χ3v) is 3.85. The van der Waals surface area contributed by atoms with E-state index in [4.69, 9.17) is 17.3 Å². The Balaban J connectivity index is 2.69. The number of thiocarbonyl (C=S) groups is 1. The molecule has 1 aliphatic rings. The van der Waals surface area contributed by atoms with E-state index in [1.807, 2.05) is 0 Å². The zero-order valence-corrected chi connectivity index (χ0v) is 10.7. The Hall–Kier alpha value is -0.830. The minimum atomic E-state index is -4.54. The van der Waals surface area contributed by atoms with Crippen molar-refractivity contribution in [1.82, 2.24) is 4.90 Å². The summed E-state index contributed by atoms with van der Waals surface area (Å²) < 4.78 is 38.2. The highest BCUT2D eigenvalue weighted by Crippen LogP contribution is 2.32. The van der Waals surface area contributed by atoms with Crippen LogP contribution in [0.15, 0.2) is 0 Å². The SMILES string of the molecule is O=C(O)CC[C@@H](CN1C(=O)CSC1=S)C(F)(F)F. The summed E-state index contributed by atoms with van der Waals surface area (Å²) in [6.07, 6.45) is -5.69. The number of carbonyl (C=O) groups excluding carboxylic acids is 1. The number of nitrogens with zero attached hydrogens (tertiary/aromatic N) is 1. The zero-order chi connectivity index (χ0) is 13.9. The average molecular weight is 301 g/mol. The average Bonchev–Trinajstić information content (AvgIpc) is 2.52. The van der Waals surface area contributed by atoms with Gasteiger partial charge in [0.15, 0.2) is 0 Å². The number of carbonyl (C=O) groups is 2. The summed E-state index contributed by atoms with van der Waals surface area (Å²) in [5, 5.41) is 8.42. The predicted molar refractivity (Wildman–Crippen MR) is 63.2 cm³/mol. The molecule has 0 aliphatic carbocycles. The van der Waals surface area contributed by atoms with Gasteiger partial charge in [-0.3, -0.25) is 14.5 Å². The second-order valence-electron chi connectivity index (χ2n) is 3.73. The fourth-order valence-corrected chi connectivity index (χ4v) is 2.52. The third-order valence-electron chi connectivity index (χ3n) is 2.41. The van der Waals surface area contributed by atoms with Crippen LogP contribution in [0.1, 0.15) is 12.8 Å². The Morgan fingerprint density at radius 3 is 2.56 bits per heavy atom. The van der Waals surface area contributed by atoms with Crippen molar-refractivity contribution in [3.63, 3.8) is 0 Å². The fourth-order valence-electron chi connectivity index (χ4n) is 1.43. The standard InChI is InChI=1S/C9H10F3NO3S2/c10-9(11,12)5(1-2-7(15)16)3-13-6(14)4-18-8(13)17/h5H,1-4H2,(H,15,16)/t5-/m0/s1. The lowest BCUT2D eigenvalue weighted by Crippen LogP contribution is -2.39. The van der Waals surface area contributed by atoms with Gasteiger partial charge in [-0.05, 0) is 6.42 Å². The molecule has 102 valence electrons. The maximum atomic E-state index is 12.7. The van der Waals surface area contributed by atoms with Crippen LogP contribution in [-0.2, 0) is 9.59 Å². The summed E-state index contributed by atoms with van der Waals surface area (Å²) in [5.41, 5.74) is 0. The number of alkyl halides is 3. The highest BCUT2D eigenvalue weighted by Gasteiger charge is 2.42. The first-order valence-corrected chi connectivity index (χ1v) is 6.37. The highest BCUT2D eigenvalue weighted by atomic mass is 32.2. The van der Waals surface area contributed by atoms with Gasteiger partial charge in [-0.2, -0.15) is 13.2 Å². The maximum absolute atomic E-state index is 12.7. The molecule has 1 aliphatic heterocycles. The minimum Gasteiger partial charge on any atom is -0.481 e. The number of rotatable bonds is 5. The second-order valence-corrected chi connectivity index (χ2v) is 5.34. The molecule has 0 aromatic heterocycles. The van der Waals surface area contributed by atoms with Crippen LogP contribution in [0.2, 0.25) is 0 Å². The molecule has 9 heteroatoms. The molecule has 1 N–H and O–H groups in total. The number of carboxylic acids is 1. The molecular formula is C9H10F3NO3S2. The van der Waals surface area contributed by atoms with Gasteiger partial charge in [0.1, 0.15) is 4.32 Å². The summed E-state index contributed by atoms with van der Waals surface area (Å²) in [4.78, 5) is 22.5. The normalized spacial score (nSPS) is 18.3. The van der Waals surface area contributed by atoms with Crippen molar-refractivity contribution in [2.24, 2.45) is 5.92 Å². The molecular weight excluding hydrogens is 291 g/mol. The number of hydrogen-bond acceptors (Lipinski definition) is 4. The Bertz CT molecular complexity index is 357. The van der Waals surface area contributed by atoms with Crippen LogP contribution < -0.4 is 0 Å². The maximum Gasteiger partial charge on any atom is 0.393 e. The van der Waals surface area contributed by atoms with E-state index in [0.29, 0.717) is 0 Å². The first-order chi connectivity index (χ1) is 8.21. The molecule has 0 bridgehead atoms. The van der Waals surface area contributed by atoms with Gasteiger partial charge in [0.05, 0.1) is 11.7 Å². The lowest BCUT2D eigenvalue weighted by Gasteiger charge is -2.24. The van der Waals surface area contributed by atoms with Gasteiger partial charge in [0.25, 0.3) is 0 Å². The van der Waals surface area contributed by atoms with E-state index < -0.39 is 43.4 Å². The number of halogens is 3. The topological polar surface area (TPSA) is 57.6 Å². The lowest BCUT2D eigenvalue weighted by molar-refractivity contribution is -0.180. The summed E-state index contributed by atoms with van der Waals surface area (Å²) >= 11 is 5.79. The molecule has 4 nitrogen and oxygen atoms in total. The van der Waals surface area contributed by atoms with Crippen LogP contribution in [0.25, 0.3) is 0 Å². The molecule has 1 rings (SSSR count). The van der Waals surface area contributed by atoms with Crippen molar-refractivity contribution < 1.29 is 27.9 Å². The minimum absolute atomic E-state index is 0.0440. The molecule has 1 fully saturated rings. The monoisotopic (exact) mass is 301 g/mol. The second kappa shape index (κ2) is 5.87. The van der Waals surface area contributed by atoms with Crippen LogP contribution in [0.4, 0.5) is 13.2 Å². The van der Waals surface area contributed by atoms with E-state index in [0.717, 1.165) is 16.7 Å². The van der Waals surface area contributed by atoms with Gasteiger partial charge in [0.2, 0.25) is 5.91 Å².